The van der Waals surface area contributed by atoms with Gasteiger partial charge in [-0.2, -0.15) is 0 Å². The number of aryl methyl sites for hydroxylation is 1. The summed E-state index contributed by atoms with van der Waals surface area (Å²) in [4.78, 5) is 20.6. The number of amides is 1. The predicted octanol–water partition coefficient (Wildman–Crippen LogP) is 2.51. The third kappa shape index (κ3) is 5.64. The first-order valence-electron chi connectivity index (χ1n) is 9.34. The van der Waals surface area contributed by atoms with Crippen LogP contribution in [0.5, 0.6) is 0 Å². The van der Waals surface area contributed by atoms with Crippen molar-refractivity contribution in [3.05, 3.63) is 15.6 Å². The van der Waals surface area contributed by atoms with E-state index in [4.69, 9.17) is 10.7 Å². The van der Waals surface area contributed by atoms with Gasteiger partial charge >= 0.3 is 0 Å². The molecule has 1 aliphatic carbocycles. The smallest absolute Gasteiger partial charge is 0.221 e. The van der Waals surface area contributed by atoms with Crippen LogP contribution in [0.3, 0.4) is 0 Å². The van der Waals surface area contributed by atoms with Crippen molar-refractivity contribution in [2.75, 3.05) is 19.6 Å². The minimum atomic E-state index is 0. The number of piperidine rings is 1. The summed E-state index contributed by atoms with van der Waals surface area (Å²) in [5.41, 5.74) is 6.79. The fourth-order valence-corrected chi connectivity index (χ4v) is 5.09. The van der Waals surface area contributed by atoms with E-state index < -0.39 is 0 Å². The average molecular weight is 387 g/mol. The second-order valence-electron chi connectivity index (χ2n) is 7.29. The Balaban J connectivity index is 0.00000225. The molecule has 0 bridgehead atoms. The zero-order valence-electron chi connectivity index (χ0n) is 15.1. The first-order chi connectivity index (χ1) is 11.7. The van der Waals surface area contributed by atoms with Gasteiger partial charge in [0.1, 0.15) is 5.01 Å². The molecule has 2 unspecified atom stereocenters. The molecule has 5 nitrogen and oxygen atoms in total. The summed E-state index contributed by atoms with van der Waals surface area (Å²) in [6.45, 7) is 5.54. The van der Waals surface area contributed by atoms with Gasteiger partial charge in [-0.3, -0.25) is 9.69 Å². The molecule has 25 heavy (non-hydrogen) atoms. The molecule has 1 fully saturated rings. The number of rotatable bonds is 6. The zero-order valence-corrected chi connectivity index (χ0v) is 16.8. The van der Waals surface area contributed by atoms with E-state index >= 15 is 0 Å². The number of thiazole rings is 1. The first-order valence-corrected chi connectivity index (χ1v) is 10.2. The quantitative estimate of drug-likeness (QED) is 0.787. The summed E-state index contributed by atoms with van der Waals surface area (Å²) in [7, 11) is 0. The van der Waals surface area contributed by atoms with Gasteiger partial charge < -0.3 is 11.1 Å². The summed E-state index contributed by atoms with van der Waals surface area (Å²) in [5.74, 6) is 0.869. The number of nitrogens with one attached hydrogen (secondary N) is 1. The molecular formula is C18H31ClN4OS. The van der Waals surface area contributed by atoms with Crippen molar-refractivity contribution in [3.8, 4) is 0 Å². The Hall–Kier alpha value is -0.690. The predicted molar refractivity (Wildman–Crippen MR) is 105 cm³/mol. The molecule has 3 N–H and O–H groups in total. The Bertz CT molecular complexity index is 565. The number of nitrogens with zero attached hydrogens (tertiary/aromatic N) is 2. The highest BCUT2D eigenvalue weighted by Crippen LogP contribution is 2.31. The number of aromatic nitrogens is 1. The van der Waals surface area contributed by atoms with Gasteiger partial charge in [0.2, 0.25) is 5.91 Å². The van der Waals surface area contributed by atoms with E-state index in [1.807, 2.05) is 11.3 Å². The molecule has 0 radical (unpaired) electrons. The number of carbonyl (C=O) groups excluding carboxylic acids is 1. The number of hydrogen-bond acceptors (Lipinski definition) is 5. The third-order valence-corrected chi connectivity index (χ3v) is 6.33. The van der Waals surface area contributed by atoms with Gasteiger partial charge in [-0.25, -0.2) is 4.98 Å². The summed E-state index contributed by atoms with van der Waals surface area (Å²) in [6.07, 6.45) is 7.69. The second-order valence-corrected chi connectivity index (χ2v) is 8.46. The topological polar surface area (TPSA) is 71.2 Å². The summed E-state index contributed by atoms with van der Waals surface area (Å²) >= 11 is 1.91. The van der Waals surface area contributed by atoms with Crippen LogP contribution in [0.15, 0.2) is 0 Å². The molecular weight excluding hydrogens is 356 g/mol. The van der Waals surface area contributed by atoms with Gasteiger partial charge in [0.25, 0.3) is 0 Å². The van der Waals surface area contributed by atoms with Crippen molar-refractivity contribution in [1.29, 1.82) is 0 Å². The normalized spacial score (nSPS) is 23.6. The van der Waals surface area contributed by atoms with Crippen LogP contribution in [0.4, 0.5) is 0 Å². The van der Waals surface area contributed by atoms with Gasteiger partial charge in [-0.1, -0.05) is 13.3 Å². The van der Waals surface area contributed by atoms with E-state index in [1.165, 1.54) is 41.3 Å². The van der Waals surface area contributed by atoms with Crippen LogP contribution >= 0.6 is 23.7 Å². The molecule has 142 valence electrons. The lowest BCUT2D eigenvalue weighted by Crippen LogP contribution is -2.46. The summed E-state index contributed by atoms with van der Waals surface area (Å²) < 4.78 is 0. The molecule has 1 aromatic rings. The Morgan fingerprint density at radius 3 is 3.04 bits per heavy atom. The Morgan fingerprint density at radius 2 is 2.24 bits per heavy atom. The van der Waals surface area contributed by atoms with Crippen molar-refractivity contribution >= 4 is 29.7 Å². The number of carbonyl (C=O) groups is 1. The number of fused-ring (bicyclic) bond motifs is 1. The highest BCUT2D eigenvalue weighted by molar-refractivity contribution is 7.11. The van der Waals surface area contributed by atoms with E-state index in [0.29, 0.717) is 19.0 Å². The van der Waals surface area contributed by atoms with Gasteiger partial charge in [0, 0.05) is 30.4 Å². The maximum Gasteiger partial charge on any atom is 0.221 e. The van der Waals surface area contributed by atoms with Crippen LogP contribution in [-0.2, 0) is 24.2 Å². The van der Waals surface area contributed by atoms with Crippen LogP contribution < -0.4 is 11.1 Å². The number of hydrogen-bond donors (Lipinski definition) is 2. The Morgan fingerprint density at radius 1 is 1.40 bits per heavy atom. The number of halogens is 1. The number of likely N-dealkylation sites (tertiary alicyclic amines) is 1. The minimum Gasteiger partial charge on any atom is -0.354 e. The standard InChI is InChI=1S/C18H30N4OS.ClH/c1-13-5-6-15-16(10-13)24-18(21-15)12-22-9-3-2-4-14(22)11-20-17(23)7-8-19;/h13-14H,2-12,19H2,1H3,(H,20,23);1H. The fraction of sp³-hybridized carbons (Fsp3) is 0.778. The SMILES string of the molecule is CC1CCc2nc(CN3CCCCC3CNC(=O)CCN)sc2C1.Cl. The van der Waals surface area contributed by atoms with Gasteiger partial charge in [0.05, 0.1) is 12.2 Å². The molecule has 2 aliphatic rings. The monoisotopic (exact) mass is 386 g/mol. The van der Waals surface area contributed by atoms with Crippen molar-refractivity contribution in [1.82, 2.24) is 15.2 Å². The van der Waals surface area contributed by atoms with Crippen molar-refractivity contribution < 1.29 is 4.79 Å². The van der Waals surface area contributed by atoms with Crippen molar-refractivity contribution in [2.24, 2.45) is 11.7 Å². The zero-order chi connectivity index (χ0) is 16.9. The van der Waals surface area contributed by atoms with E-state index in [2.05, 4.69) is 17.1 Å². The van der Waals surface area contributed by atoms with E-state index in [1.54, 1.807) is 0 Å². The lowest BCUT2D eigenvalue weighted by Gasteiger charge is -2.35. The molecule has 0 aromatic carbocycles. The van der Waals surface area contributed by atoms with Crippen LogP contribution in [0, 0.1) is 5.92 Å². The van der Waals surface area contributed by atoms with Gasteiger partial charge in [-0.15, -0.1) is 23.7 Å². The largest absolute Gasteiger partial charge is 0.354 e. The lowest BCUT2D eigenvalue weighted by molar-refractivity contribution is -0.121. The highest BCUT2D eigenvalue weighted by atomic mass is 35.5. The second kappa shape index (κ2) is 9.86. The molecule has 1 aromatic heterocycles. The van der Waals surface area contributed by atoms with Crippen molar-refractivity contribution in [2.45, 2.75) is 64.5 Å². The Kier molecular flexibility index (Phi) is 8.13. The van der Waals surface area contributed by atoms with Gasteiger partial charge in [-0.05, 0) is 44.6 Å². The maximum atomic E-state index is 11.7. The molecule has 3 rings (SSSR count). The molecule has 1 aliphatic heterocycles. The van der Waals surface area contributed by atoms with Crippen LogP contribution in [0.25, 0.3) is 0 Å². The molecule has 1 saturated heterocycles. The van der Waals surface area contributed by atoms with E-state index in [-0.39, 0.29) is 18.3 Å². The number of nitrogens with two attached hydrogens (primary N) is 1. The third-order valence-electron chi connectivity index (χ3n) is 5.22. The first kappa shape index (κ1) is 20.6. The molecule has 7 heteroatoms. The molecule has 2 atom stereocenters. The van der Waals surface area contributed by atoms with Crippen molar-refractivity contribution in [3.63, 3.8) is 0 Å². The fourth-order valence-electron chi connectivity index (χ4n) is 3.79. The Labute approximate surface area is 161 Å². The minimum absolute atomic E-state index is 0. The highest BCUT2D eigenvalue weighted by Gasteiger charge is 2.25. The van der Waals surface area contributed by atoms with Crippen LogP contribution in [0.2, 0.25) is 0 Å². The molecule has 1 amide bonds. The molecule has 0 saturated carbocycles. The van der Waals surface area contributed by atoms with Crippen LogP contribution in [0.1, 0.15) is 54.6 Å². The van der Waals surface area contributed by atoms with Gasteiger partial charge in [0.15, 0.2) is 0 Å². The van der Waals surface area contributed by atoms with E-state index in [0.717, 1.165) is 38.4 Å². The molecule has 2 heterocycles. The maximum absolute atomic E-state index is 11.7. The lowest BCUT2D eigenvalue weighted by atomic mass is 9.93. The summed E-state index contributed by atoms with van der Waals surface area (Å²) in [5, 5.41) is 4.30. The van der Waals surface area contributed by atoms with E-state index in [9.17, 15) is 4.79 Å². The van der Waals surface area contributed by atoms with Crippen LogP contribution in [-0.4, -0.2) is 41.5 Å². The summed E-state index contributed by atoms with van der Waals surface area (Å²) in [6, 6.07) is 0.431. The average Bonchev–Trinajstić information content (AvgIpc) is 2.95. The molecule has 0 spiro atoms.